The third kappa shape index (κ3) is 2.54. The quantitative estimate of drug-likeness (QED) is 0.519. The molecule has 70 valence electrons. The molecule has 0 saturated heterocycles. The van der Waals surface area contributed by atoms with Crippen LogP contribution in [0.1, 0.15) is 24.2 Å². The molecule has 0 aliphatic carbocycles. The van der Waals surface area contributed by atoms with E-state index in [1.165, 1.54) is 6.92 Å². The number of nitrogens with zero attached hydrogens (tertiary/aromatic N) is 1. The van der Waals surface area contributed by atoms with Crippen molar-refractivity contribution in [2.45, 2.75) is 20.4 Å². The van der Waals surface area contributed by atoms with E-state index in [0.717, 1.165) is 6.29 Å². The molecular weight excluding hydrogens is 166 g/mol. The van der Waals surface area contributed by atoms with Crippen LogP contribution in [-0.2, 0) is 11.3 Å². The number of aromatic nitrogens is 1. The lowest BCUT2D eigenvalue weighted by Crippen LogP contribution is -2.06. The molecule has 0 fully saturated rings. The number of Topliss-reactive ketones (excluding diaryl/α,β-unsaturated/α-hetero) is 1. The van der Waals surface area contributed by atoms with Crippen LogP contribution in [0.4, 0.5) is 0 Å². The third-order valence-electron chi connectivity index (χ3n) is 1.89. The summed E-state index contributed by atoms with van der Waals surface area (Å²) in [5, 5.41) is 0. The molecule has 1 atom stereocenters. The number of aldehydes is 1. The van der Waals surface area contributed by atoms with Gasteiger partial charge in [0.1, 0.15) is 6.29 Å². The summed E-state index contributed by atoms with van der Waals surface area (Å²) < 4.78 is 1.86. The van der Waals surface area contributed by atoms with Gasteiger partial charge in [-0.1, -0.05) is 6.92 Å². The van der Waals surface area contributed by atoms with Crippen molar-refractivity contribution in [1.82, 2.24) is 4.57 Å². The Morgan fingerprint density at radius 2 is 2.38 bits per heavy atom. The van der Waals surface area contributed by atoms with Gasteiger partial charge in [0, 0.05) is 30.4 Å². The third-order valence-corrected chi connectivity index (χ3v) is 1.89. The Bertz CT molecular complexity index is 314. The zero-order valence-corrected chi connectivity index (χ0v) is 7.86. The second kappa shape index (κ2) is 4.03. The minimum absolute atomic E-state index is 0.00721. The molecule has 0 aliphatic heterocycles. The highest BCUT2D eigenvalue weighted by Gasteiger charge is 2.04. The summed E-state index contributed by atoms with van der Waals surface area (Å²) in [5.74, 6) is 0.0460. The second-order valence-corrected chi connectivity index (χ2v) is 3.27. The van der Waals surface area contributed by atoms with Gasteiger partial charge in [-0.2, -0.15) is 0 Å². The van der Waals surface area contributed by atoms with Gasteiger partial charge in [-0.3, -0.25) is 4.79 Å². The van der Waals surface area contributed by atoms with E-state index in [4.69, 9.17) is 0 Å². The lowest BCUT2D eigenvalue weighted by atomic mass is 10.2. The molecule has 3 heteroatoms. The van der Waals surface area contributed by atoms with Gasteiger partial charge in [-0.05, 0) is 13.0 Å². The maximum atomic E-state index is 10.9. The van der Waals surface area contributed by atoms with Gasteiger partial charge in [-0.15, -0.1) is 0 Å². The molecular formula is C10H13NO2. The predicted octanol–water partition coefficient (Wildman–Crippen LogP) is 1.53. The molecule has 0 saturated carbocycles. The van der Waals surface area contributed by atoms with Crippen molar-refractivity contribution >= 4 is 12.1 Å². The fourth-order valence-corrected chi connectivity index (χ4v) is 1.14. The second-order valence-electron chi connectivity index (χ2n) is 3.27. The summed E-state index contributed by atoms with van der Waals surface area (Å²) in [6, 6.07) is 1.76. The molecule has 3 nitrogen and oxygen atoms in total. The first kappa shape index (κ1) is 9.71. The Hall–Kier alpha value is -1.38. The van der Waals surface area contributed by atoms with Crippen LogP contribution in [0.2, 0.25) is 0 Å². The Kier molecular flexibility index (Phi) is 3.01. The van der Waals surface area contributed by atoms with E-state index in [1.807, 2.05) is 17.7 Å². The molecule has 13 heavy (non-hydrogen) atoms. The highest BCUT2D eigenvalue weighted by Crippen LogP contribution is 2.04. The largest absolute Gasteiger partial charge is 0.353 e. The first-order valence-electron chi connectivity index (χ1n) is 4.25. The van der Waals surface area contributed by atoms with Gasteiger partial charge in [-0.25, -0.2) is 0 Å². The predicted molar refractivity (Wildman–Crippen MR) is 49.7 cm³/mol. The smallest absolute Gasteiger partial charge is 0.161 e. The zero-order valence-electron chi connectivity index (χ0n) is 7.86. The minimum atomic E-state index is -0.00721. The van der Waals surface area contributed by atoms with Crippen molar-refractivity contribution in [2.24, 2.45) is 5.92 Å². The molecule has 1 aromatic heterocycles. The van der Waals surface area contributed by atoms with Crippen LogP contribution < -0.4 is 0 Å². The van der Waals surface area contributed by atoms with Gasteiger partial charge >= 0.3 is 0 Å². The highest BCUT2D eigenvalue weighted by atomic mass is 16.1. The van der Waals surface area contributed by atoms with Crippen LogP contribution in [0.15, 0.2) is 18.5 Å². The average molecular weight is 179 g/mol. The Balaban J connectivity index is 2.69. The van der Waals surface area contributed by atoms with Crippen LogP contribution in [0.5, 0.6) is 0 Å². The van der Waals surface area contributed by atoms with Gasteiger partial charge in [0.05, 0.1) is 0 Å². The van der Waals surface area contributed by atoms with Crippen molar-refractivity contribution in [3.63, 3.8) is 0 Å². The van der Waals surface area contributed by atoms with E-state index in [-0.39, 0.29) is 11.7 Å². The number of hydrogen-bond acceptors (Lipinski definition) is 2. The first-order valence-corrected chi connectivity index (χ1v) is 4.25. The number of ketones is 1. The van der Waals surface area contributed by atoms with Gasteiger partial charge < -0.3 is 9.36 Å². The summed E-state index contributed by atoms with van der Waals surface area (Å²) in [4.78, 5) is 21.3. The molecule has 1 aromatic rings. The fraction of sp³-hybridized carbons (Fsp3) is 0.400. The van der Waals surface area contributed by atoms with E-state index in [0.29, 0.717) is 12.1 Å². The number of carbonyl (C=O) groups excluding carboxylic acids is 2. The molecule has 1 heterocycles. The molecule has 0 bridgehead atoms. The summed E-state index contributed by atoms with van der Waals surface area (Å²) in [7, 11) is 0. The molecule has 0 N–H and O–H groups in total. The topological polar surface area (TPSA) is 39.1 Å². The van der Waals surface area contributed by atoms with Crippen molar-refractivity contribution in [3.05, 3.63) is 24.0 Å². The average Bonchev–Trinajstić information content (AvgIpc) is 2.52. The SMILES string of the molecule is CC(=O)c1ccn(CC(C)C=O)c1. The maximum absolute atomic E-state index is 10.9. The molecule has 1 rings (SSSR count). The van der Waals surface area contributed by atoms with Crippen molar-refractivity contribution in [1.29, 1.82) is 0 Å². The molecule has 0 amide bonds. The molecule has 0 spiro atoms. The van der Waals surface area contributed by atoms with E-state index in [1.54, 1.807) is 12.3 Å². The van der Waals surface area contributed by atoms with E-state index < -0.39 is 0 Å². The van der Waals surface area contributed by atoms with Gasteiger partial charge in [0.25, 0.3) is 0 Å². The summed E-state index contributed by atoms with van der Waals surface area (Å²) in [5.41, 5.74) is 0.693. The number of rotatable bonds is 4. The van der Waals surface area contributed by atoms with Crippen molar-refractivity contribution in [3.8, 4) is 0 Å². The molecule has 0 aromatic carbocycles. The lowest BCUT2D eigenvalue weighted by Gasteiger charge is -2.03. The Morgan fingerprint density at radius 1 is 1.69 bits per heavy atom. The molecule has 1 unspecified atom stereocenters. The van der Waals surface area contributed by atoms with E-state index >= 15 is 0 Å². The van der Waals surface area contributed by atoms with E-state index in [9.17, 15) is 9.59 Å². The van der Waals surface area contributed by atoms with Crippen LogP contribution >= 0.6 is 0 Å². The van der Waals surface area contributed by atoms with Crippen LogP contribution in [-0.4, -0.2) is 16.6 Å². The first-order chi connectivity index (χ1) is 6.13. The summed E-state index contributed by atoms with van der Waals surface area (Å²) in [6.07, 6.45) is 4.49. The summed E-state index contributed by atoms with van der Waals surface area (Å²) in [6.45, 7) is 4.01. The van der Waals surface area contributed by atoms with E-state index in [2.05, 4.69) is 0 Å². The maximum Gasteiger partial charge on any atom is 0.161 e. The summed E-state index contributed by atoms with van der Waals surface area (Å²) >= 11 is 0. The minimum Gasteiger partial charge on any atom is -0.353 e. The standard InChI is InChI=1S/C10H13NO2/c1-8(7-12)5-11-4-3-10(6-11)9(2)13/h3-4,6-8H,5H2,1-2H3. The zero-order chi connectivity index (χ0) is 9.84. The Morgan fingerprint density at radius 3 is 2.85 bits per heavy atom. The monoisotopic (exact) mass is 179 g/mol. The van der Waals surface area contributed by atoms with Crippen LogP contribution in [0, 0.1) is 5.92 Å². The Labute approximate surface area is 77.4 Å². The van der Waals surface area contributed by atoms with Gasteiger partial charge in [0.2, 0.25) is 0 Å². The van der Waals surface area contributed by atoms with Crippen LogP contribution in [0.3, 0.4) is 0 Å². The lowest BCUT2D eigenvalue weighted by molar-refractivity contribution is -0.110. The van der Waals surface area contributed by atoms with Crippen molar-refractivity contribution in [2.75, 3.05) is 0 Å². The molecule has 0 radical (unpaired) electrons. The van der Waals surface area contributed by atoms with Crippen molar-refractivity contribution < 1.29 is 9.59 Å². The fourth-order valence-electron chi connectivity index (χ4n) is 1.14. The number of hydrogen-bond donors (Lipinski definition) is 0. The number of carbonyl (C=O) groups is 2. The van der Waals surface area contributed by atoms with Gasteiger partial charge in [0.15, 0.2) is 5.78 Å². The molecule has 0 aliphatic rings. The van der Waals surface area contributed by atoms with Crippen LogP contribution in [0.25, 0.3) is 0 Å². The normalized spacial score (nSPS) is 12.5. The highest BCUT2D eigenvalue weighted by molar-refractivity contribution is 5.93.